The molecule has 0 aliphatic carbocycles. The first-order valence-corrected chi connectivity index (χ1v) is 10.7. The minimum Gasteiger partial charge on any atom is -0.317 e. The van der Waals surface area contributed by atoms with E-state index in [4.69, 9.17) is 9.98 Å². The van der Waals surface area contributed by atoms with Gasteiger partial charge in [-0.3, -0.25) is 9.98 Å². The second-order valence-corrected chi connectivity index (χ2v) is 9.21. The van der Waals surface area contributed by atoms with Crippen LogP contribution in [-0.2, 0) is 9.84 Å². The standard InChI is InChI=1S/C19H22N4O2S/c1-19(14-7-9-20-10-8-14)21-12-18-17(23-19)11-16(22-18)13-3-5-15(6-4-13)26(2,24)25/h3-6,11-12,14,20H,7-10H2,1-2H3. The van der Waals surface area contributed by atoms with Gasteiger partial charge >= 0.3 is 0 Å². The van der Waals surface area contributed by atoms with Crippen molar-refractivity contribution in [2.75, 3.05) is 19.3 Å². The lowest BCUT2D eigenvalue weighted by atomic mass is 9.85. The van der Waals surface area contributed by atoms with E-state index >= 15 is 0 Å². The van der Waals surface area contributed by atoms with E-state index in [1.165, 1.54) is 6.26 Å². The van der Waals surface area contributed by atoms with Gasteiger partial charge in [0.25, 0.3) is 0 Å². The molecule has 1 aromatic rings. The summed E-state index contributed by atoms with van der Waals surface area (Å²) in [4.78, 5) is 14.6. The number of hydrogen-bond donors (Lipinski definition) is 1. The molecule has 26 heavy (non-hydrogen) atoms. The van der Waals surface area contributed by atoms with Crippen molar-refractivity contribution in [2.24, 2.45) is 20.9 Å². The summed E-state index contributed by atoms with van der Waals surface area (Å²) in [6.07, 6.45) is 7.15. The van der Waals surface area contributed by atoms with Gasteiger partial charge in [-0.1, -0.05) is 12.1 Å². The molecule has 0 aromatic heterocycles. The zero-order valence-electron chi connectivity index (χ0n) is 14.9. The fourth-order valence-corrected chi connectivity index (χ4v) is 4.29. The van der Waals surface area contributed by atoms with Crippen LogP contribution in [0.5, 0.6) is 0 Å². The van der Waals surface area contributed by atoms with Gasteiger partial charge in [-0.05, 0) is 51.1 Å². The van der Waals surface area contributed by atoms with Crippen LogP contribution >= 0.6 is 0 Å². The topological polar surface area (TPSA) is 83.2 Å². The zero-order chi connectivity index (χ0) is 18.4. The van der Waals surface area contributed by atoms with Gasteiger partial charge in [-0.25, -0.2) is 13.4 Å². The third-order valence-corrected chi connectivity index (χ3v) is 6.39. The number of nitrogens with one attached hydrogen (secondary N) is 1. The van der Waals surface area contributed by atoms with E-state index in [-0.39, 0.29) is 0 Å². The Balaban J connectivity index is 1.62. The van der Waals surface area contributed by atoms with E-state index in [0.29, 0.717) is 10.8 Å². The lowest BCUT2D eigenvalue weighted by Gasteiger charge is -2.35. The zero-order valence-corrected chi connectivity index (χ0v) is 15.8. The Bertz CT molecular complexity index is 952. The normalized spacial score (nSPS) is 26.2. The van der Waals surface area contributed by atoms with Crippen LogP contribution in [0.2, 0.25) is 0 Å². The number of benzene rings is 1. The summed E-state index contributed by atoms with van der Waals surface area (Å²) < 4.78 is 23.2. The molecule has 0 radical (unpaired) electrons. The molecule has 1 atom stereocenters. The number of nitrogens with zero attached hydrogens (tertiary/aromatic N) is 3. The number of piperidine rings is 1. The summed E-state index contributed by atoms with van der Waals surface area (Å²) in [5.41, 5.74) is 2.88. The predicted molar refractivity (Wildman–Crippen MR) is 105 cm³/mol. The Morgan fingerprint density at radius 1 is 1.12 bits per heavy atom. The van der Waals surface area contributed by atoms with Gasteiger partial charge in [0.1, 0.15) is 5.71 Å². The van der Waals surface area contributed by atoms with Gasteiger partial charge < -0.3 is 5.32 Å². The van der Waals surface area contributed by atoms with Crippen molar-refractivity contribution in [1.29, 1.82) is 0 Å². The first-order chi connectivity index (χ1) is 12.4. The average molecular weight is 370 g/mol. The molecule has 1 aromatic carbocycles. The molecule has 0 saturated carbocycles. The van der Waals surface area contributed by atoms with Crippen LogP contribution in [0.25, 0.3) is 5.70 Å². The maximum absolute atomic E-state index is 11.6. The third-order valence-electron chi connectivity index (χ3n) is 5.26. The molecule has 0 spiro atoms. The number of allylic oxidation sites excluding steroid dienone is 1. The fraction of sp³-hybridized carbons (Fsp3) is 0.421. The van der Waals surface area contributed by atoms with Gasteiger partial charge in [0, 0.05) is 17.7 Å². The molecule has 1 unspecified atom stereocenters. The van der Waals surface area contributed by atoms with Gasteiger partial charge in [-0.15, -0.1) is 0 Å². The SMILES string of the molecule is CC1(C2CCNCC2)N=CC2=NC(c3ccc(S(C)(=O)=O)cc3)=CC2=N1. The smallest absolute Gasteiger partial charge is 0.175 e. The highest BCUT2D eigenvalue weighted by Gasteiger charge is 2.37. The van der Waals surface area contributed by atoms with Crippen molar-refractivity contribution >= 4 is 33.2 Å². The number of fused-ring (bicyclic) bond motifs is 1. The van der Waals surface area contributed by atoms with Crippen molar-refractivity contribution in [3.63, 3.8) is 0 Å². The highest BCUT2D eigenvalue weighted by atomic mass is 32.2. The van der Waals surface area contributed by atoms with Gasteiger partial charge in [0.15, 0.2) is 15.5 Å². The summed E-state index contributed by atoms with van der Waals surface area (Å²) in [7, 11) is -3.20. The lowest BCUT2D eigenvalue weighted by Crippen LogP contribution is -2.42. The van der Waals surface area contributed by atoms with Crippen molar-refractivity contribution < 1.29 is 8.42 Å². The number of aliphatic imine (C=N–C) groups is 3. The van der Waals surface area contributed by atoms with E-state index in [1.54, 1.807) is 24.3 Å². The van der Waals surface area contributed by atoms with Crippen molar-refractivity contribution in [2.45, 2.75) is 30.3 Å². The van der Waals surface area contributed by atoms with Crippen molar-refractivity contribution in [3.05, 3.63) is 35.9 Å². The van der Waals surface area contributed by atoms with Crippen molar-refractivity contribution in [3.8, 4) is 0 Å². The second-order valence-electron chi connectivity index (χ2n) is 7.20. The Morgan fingerprint density at radius 3 is 2.46 bits per heavy atom. The van der Waals surface area contributed by atoms with E-state index < -0.39 is 15.5 Å². The van der Waals surface area contributed by atoms with E-state index in [9.17, 15) is 8.42 Å². The summed E-state index contributed by atoms with van der Waals surface area (Å²) >= 11 is 0. The van der Waals surface area contributed by atoms with Crippen LogP contribution in [0.1, 0.15) is 25.3 Å². The largest absolute Gasteiger partial charge is 0.317 e. The Morgan fingerprint density at radius 2 is 1.81 bits per heavy atom. The van der Waals surface area contributed by atoms with Crippen LogP contribution in [0.15, 0.2) is 50.2 Å². The highest BCUT2D eigenvalue weighted by molar-refractivity contribution is 7.90. The monoisotopic (exact) mass is 370 g/mol. The third kappa shape index (κ3) is 3.17. The molecule has 3 aliphatic rings. The van der Waals surface area contributed by atoms with Crippen LogP contribution in [0.4, 0.5) is 0 Å². The minimum absolute atomic E-state index is 0.308. The van der Waals surface area contributed by atoms with Crippen LogP contribution in [0.3, 0.4) is 0 Å². The average Bonchev–Trinajstić information content (AvgIpc) is 3.05. The summed E-state index contributed by atoms with van der Waals surface area (Å²) in [5, 5.41) is 3.38. The summed E-state index contributed by atoms with van der Waals surface area (Å²) in [6.45, 7) is 4.11. The molecule has 1 fully saturated rings. The second kappa shape index (κ2) is 6.25. The molecule has 0 amide bonds. The molecular formula is C19H22N4O2S. The van der Waals surface area contributed by atoms with Gasteiger partial charge in [0.05, 0.1) is 22.5 Å². The Labute approximate surface area is 153 Å². The molecule has 3 aliphatic heterocycles. The summed E-state index contributed by atoms with van der Waals surface area (Å²) in [5.74, 6) is 0.431. The molecule has 3 heterocycles. The maximum Gasteiger partial charge on any atom is 0.175 e. The Hall–Kier alpha value is -2.12. The number of rotatable bonds is 3. The van der Waals surface area contributed by atoms with Crippen LogP contribution in [0, 0.1) is 5.92 Å². The molecule has 0 bridgehead atoms. The first-order valence-electron chi connectivity index (χ1n) is 8.82. The fourth-order valence-electron chi connectivity index (χ4n) is 3.66. The maximum atomic E-state index is 11.6. The van der Waals surface area contributed by atoms with Crippen LogP contribution in [-0.4, -0.2) is 51.1 Å². The number of hydrogen-bond acceptors (Lipinski definition) is 6. The predicted octanol–water partition coefficient (Wildman–Crippen LogP) is 2.13. The quantitative estimate of drug-likeness (QED) is 0.885. The summed E-state index contributed by atoms with van der Waals surface area (Å²) in [6, 6.07) is 6.80. The number of sulfone groups is 1. The van der Waals surface area contributed by atoms with Gasteiger partial charge in [-0.2, -0.15) is 0 Å². The molecular weight excluding hydrogens is 348 g/mol. The molecule has 136 valence electrons. The van der Waals surface area contributed by atoms with Crippen LogP contribution < -0.4 is 5.32 Å². The molecule has 1 saturated heterocycles. The van der Waals surface area contributed by atoms with E-state index in [2.05, 4.69) is 17.2 Å². The molecule has 6 nitrogen and oxygen atoms in total. The van der Waals surface area contributed by atoms with E-state index in [0.717, 1.165) is 48.6 Å². The highest BCUT2D eigenvalue weighted by Crippen LogP contribution is 2.34. The van der Waals surface area contributed by atoms with Gasteiger partial charge in [0.2, 0.25) is 0 Å². The molecule has 7 heteroatoms. The lowest BCUT2D eigenvalue weighted by molar-refractivity contribution is 0.244. The minimum atomic E-state index is -3.20. The Kier molecular flexibility index (Phi) is 4.16. The first kappa shape index (κ1) is 17.3. The van der Waals surface area contributed by atoms with E-state index in [1.807, 2.05) is 12.3 Å². The molecule has 4 rings (SSSR count). The molecule has 1 N–H and O–H groups in total. The van der Waals surface area contributed by atoms with Crippen molar-refractivity contribution in [1.82, 2.24) is 5.32 Å².